The number of likely N-dealkylation sites (tertiary alicyclic amines) is 1. The molecular formula is C21H33N3O. The minimum atomic E-state index is 0.130. The highest BCUT2D eigenvalue weighted by Gasteiger charge is 2.42. The first-order valence-electron chi connectivity index (χ1n) is 9.67. The van der Waals surface area contributed by atoms with E-state index >= 15 is 0 Å². The molecule has 0 bridgehead atoms. The lowest BCUT2D eigenvalue weighted by atomic mass is 9.78. The summed E-state index contributed by atoms with van der Waals surface area (Å²) in [5.41, 5.74) is 1.83. The summed E-state index contributed by atoms with van der Waals surface area (Å²) in [7, 11) is 0. The molecule has 0 aromatic heterocycles. The fourth-order valence-corrected chi connectivity index (χ4v) is 4.55. The number of benzene rings is 1. The molecule has 2 aliphatic heterocycles. The number of aldehydes is 1. The third-order valence-electron chi connectivity index (χ3n) is 6.16. The number of carbonyl (C=O) groups excluding carboxylic acids is 1. The van der Waals surface area contributed by atoms with Crippen LogP contribution in [-0.4, -0.2) is 72.3 Å². The second-order valence-electron chi connectivity index (χ2n) is 8.51. The quantitative estimate of drug-likeness (QED) is 0.785. The van der Waals surface area contributed by atoms with E-state index in [2.05, 4.69) is 65.8 Å². The zero-order valence-corrected chi connectivity index (χ0v) is 16.1. The van der Waals surface area contributed by atoms with Gasteiger partial charge in [-0.1, -0.05) is 30.3 Å². The van der Waals surface area contributed by atoms with Crippen LogP contribution in [0, 0.1) is 0 Å². The second kappa shape index (κ2) is 7.56. The predicted molar refractivity (Wildman–Crippen MR) is 103 cm³/mol. The zero-order valence-electron chi connectivity index (χ0n) is 16.1. The van der Waals surface area contributed by atoms with Crippen molar-refractivity contribution in [1.82, 2.24) is 14.7 Å². The van der Waals surface area contributed by atoms with Crippen LogP contribution in [0.1, 0.15) is 39.2 Å². The maximum atomic E-state index is 10.9. The van der Waals surface area contributed by atoms with Crippen LogP contribution < -0.4 is 0 Å². The lowest BCUT2D eigenvalue weighted by molar-refractivity contribution is -0.109. The molecule has 0 amide bonds. The monoisotopic (exact) mass is 343 g/mol. The molecule has 4 heteroatoms. The lowest BCUT2D eigenvalue weighted by Gasteiger charge is -2.53. The Balaban J connectivity index is 1.78. The van der Waals surface area contributed by atoms with Gasteiger partial charge in [0, 0.05) is 50.3 Å². The molecule has 0 N–H and O–H groups in total. The van der Waals surface area contributed by atoms with Gasteiger partial charge in [0.1, 0.15) is 6.29 Å². The molecule has 0 saturated carbocycles. The van der Waals surface area contributed by atoms with Gasteiger partial charge in [-0.25, -0.2) is 0 Å². The Kier molecular flexibility index (Phi) is 5.62. The average molecular weight is 344 g/mol. The number of piperazine rings is 1. The Morgan fingerprint density at radius 2 is 1.56 bits per heavy atom. The van der Waals surface area contributed by atoms with Crippen LogP contribution in [0.3, 0.4) is 0 Å². The Hall–Kier alpha value is -1.23. The Morgan fingerprint density at radius 3 is 2.08 bits per heavy atom. The van der Waals surface area contributed by atoms with Crippen molar-refractivity contribution in [1.29, 1.82) is 0 Å². The van der Waals surface area contributed by atoms with Crippen molar-refractivity contribution in [3.8, 4) is 0 Å². The maximum Gasteiger partial charge on any atom is 0.133 e. The fourth-order valence-electron chi connectivity index (χ4n) is 4.55. The molecule has 2 saturated heterocycles. The van der Waals surface area contributed by atoms with Crippen LogP contribution in [0.15, 0.2) is 30.3 Å². The molecule has 0 aliphatic carbocycles. The molecule has 0 radical (unpaired) electrons. The summed E-state index contributed by atoms with van der Waals surface area (Å²) in [5, 5.41) is 0. The van der Waals surface area contributed by atoms with Gasteiger partial charge in [0.15, 0.2) is 0 Å². The molecule has 1 aromatic rings. The van der Waals surface area contributed by atoms with E-state index in [4.69, 9.17) is 0 Å². The summed E-state index contributed by atoms with van der Waals surface area (Å²) in [6.45, 7) is 14.0. The van der Waals surface area contributed by atoms with E-state index < -0.39 is 0 Å². The highest BCUT2D eigenvalue weighted by atomic mass is 16.1. The van der Waals surface area contributed by atoms with Crippen LogP contribution in [-0.2, 0) is 10.3 Å². The minimum absolute atomic E-state index is 0.130. The summed E-state index contributed by atoms with van der Waals surface area (Å²) in [6.07, 6.45) is 3.26. The van der Waals surface area contributed by atoms with Crippen molar-refractivity contribution in [2.75, 3.05) is 45.8 Å². The van der Waals surface area contributed by atoms with Crippen molar-refractivity contribution in [2.45, 2.75) is 44.7 Å². The fraction of sp³-hybridized carbons (Fsp3) is 0.667. The summed E-state index contributed by atoms with van der Waals surface area (Å²) < 4.78 is 0. The van der Waals surface area contributed by atoms with Crippen LogP contribution in [0.4, 0.5) is 0 Å². The molecule has 4 nitrogen and oxygen atoms in total. The lowest BCUT2D eigenvalue weighted by Crippen LogP contribution is -2.61. The van der Waals surface area contributed by atoms with Crippen LogP contribution in [0.2, 0.25) is 0 Å². The highest BCUT2D eigenvalue weighted by molar-refractivity contribution is 5.52. The third kappa shape index (κ3) is 3.97. The minimum Gasteiger partial charge on any atom is -0.302 e. The first kappa shape index (κ1) is 18.6. The summed E-state index contributed by atoms with van der Waals surface area (Å²) in [5.74, 6) is 0. The Morgan fingerprint density at radius 1 is 0.960 bits per heavy atom. The van der Waals surface area contributed by atoms with Gasteiger partial charge < -0.3 is 4.79 Å². The van der Waals surface area contributed by atoms with Crippen LogP contribution in [0.25, 0.3) is 0 Å². The number of hydrogen-bond donors (Lipinski definition) is 0. The number of carbonyl (C=O) groups is 1. The van der Waals surface area contributed by atoms with E-state index in [0.717, 1.165) is 58.4 Å². The number of hydrogen-bond acceptors (Lipinski definition) is 4. The largest absolute Gasteiger partial charge is 0.302 e. The smallest absolute Gasteiger partial charge is 0.133 e. The topological polar surface area (TPSA) is 26.8 Å². The molecule has 2 heterocycles. The third-order valence-corrected chi connectivity index (χ3v) is 6.16. The van der Waals surface area contributed by atoms with Gasteiger partial charge in [-0.15, -0.1) is 0 Å². The summed E-state index contributed by atoms with van der Waals surface area (Å²) in [4.78, 5) is 18.5. The number of rotatable bonds is 4. The van der Waals surface area contributed by atoms with Gasteiger partial charge in [-0.3, -0.25) is 14.7 Å². The maximum absolute atomic E-state index is 10.9. The molecule has 2 fully saturated rings. The van der Waals surface area contributed by atoms with Gasteiger partial charge in [0.25, 0.3) is 0 Å². The van der Waals surface area contributed by atoms with Crippen molar-refractivity contribution in [3.05, 3.63) is 35.9 Å². The van der Waals surface area contributed by atoms with Crippen LogP contribution in [0.5, 0.6) is 0 Å². The van der Waals surface area contributed by atoms with Gasteiger partial charge >= 0.3 is 0 Å². The normalized spacial score (nSPS) is 23.5. The number of nitrogens with zero attached hydrogens (tertiary/aromatic N) is 3. The average Bonchev–Trinajstić information content (AvgIpc) is 2.63. The van der Waals surface area contributed by atoms with Crippen LogP contribution >= 0.6 is 0 Å². The van der Waals surface area contributed by atoms with Gasteiger partial charge in [-0.2, -0.15) is 0 Å². The van der Waals surface area contributed by atoms with Crippen molar-refractivity contribution < 1.29 is 4.79 Å². The SMILES string of the molecule is CC(C)(C)N1CCN(C2(c3ccccc3)CCN(CC=O)CC2)CC1. The van der Waals surface area contributed by atoms with E-state index in [1.165, 1.54) is 5.56 Å². The zero-order chi connectivity index (χ0) is 17.9. The molecule has 0 spiro atoms. The second-order valence-corrected chi connectivity index (χ2v) is 8.51. The van der Waals surface area contributed by atoms with Gasteiger partial charge in [0.2, 0.25) is 0 Å². The first-order chi connectivity index (χ1) is 12.0. The van der Waals surface area contributed by atoms with E-state index in [0.29, 0.717) is 6.54 Å². The summed E-state index contributed by atoms with van der Waals surface area (Å²) >= 11 is 0. The van der Waals surface area contributed by atoms with Gasteiger partial charge in [-0.05, 0) is 39.2 Å². The standard InChI is InChI=1S/C21H33N3O/c1-20(2,3)23-13-15-24(16-14-23)21(19-7-5-4-6-8-19)9-11-22(12-10-21)17-18-25/h4-8,18H,9-17H2,1-3H3. The molecule has 25 heavy (non-hydrogen) atoms. The highest BCUT2D eigenvalue weighted by Crippen LogP contribution is 2.39. The number of piperidine rings is 1. The molecule has 138 valence electrons. The van der Waals surface area contributed by atoms with E-state index in [1.54, 1.807) is 0 Å². The molecular weight excluding hydrogens is 310 g/mol. The molecule has 2 aliphatic rings. The van der Waals surface area contributed by atoms with Crippen molar-refractivity contribution in [2.24, 2.45) is 0 Å². The first-order valence-corrected chi connectivity index (χ1v) is 9.67. The van der Waals surface area contributed by atoms with E-state index in [1.807, 2.05) is 0 Å². The molecule has 0 unspecified atom stereocenters. The van der Waals surface area contributed by atoms with Crippen molar-refractivity contribution in [3.63, 3.8) is 0 Å². The summed E-state index contributed by atoms with van der Waals surface area (Å²) in [6, 6.07) is 11.0. The predicted octanol–water partition coefficient (Wildman–Crippen LogP) is 2.59. The Bertz CT molecular complexity index is 550. The molecule has 3 rings (SSSR count). The molecule has 0 atom stereocenters. The van der Waals surface area contributed by atoms with E-state index in [-0.39, 0.29) is 11.1 Å². The Labute approximate surface area is 152 Å². The van der Waals surface area contributed by atoms with Gasteiger partial charge in [0.05, 0.1) is 6.54 Å². The van der Waals surface area contributed by atoms with Crippen molar-refractivity contribution >= 4 is 6.29 Å². The molecule has 1 aromatic carbocycles. The van der Waals surface area contributed by atoms with E-state index in [9.17, 15) is 4.79 Å².